The van der Waals surface area contributed by atoms with Crippen molar-refractivity contribution in [1.82, 2.24) is 14.9 Å². The van der Waals surface area contributed by atoms with E-state index in [1.54, 1.807) is 0 Å². The van der Waals surface area contributed by atoms with E-state index >= 15 is 0 Å². The highest BCUT2D eigenvalue weighted by atomic mass is 32.1. The van der Waals surface area contributed by atoms with Crippen LogP contribution in [0.15, 0.2) is 61.1 Å². The van der Waals surface area contributed by atoms with Crippen molar-refractivity contribution in [2.24, 2.45) is 0 Å². The van der Waals surface area contributed by atoms with Gasteiger partial charge in [0.15, 0.2) is 5.11 Å². The summed E-state index contributed by atoms with van der Waals surface area (Å²) in [7, 11) is 0. The highest BCUT2D eigenvalue weighted by molar-refractivity contribution is 7.80. The number of nitrogens with zero attached hydrogens (tertiary/aromatic N) is 3. The van der Waals surface area contributed by atoms with Crippen molar-refractivity contribution < 1.29 is 4.79 Å². The molecular formula is C25H29N5OS. The van der Waals surface area contributed by atoms with Gasteiger partial charge in [0, 0.05) is 42.4 Å². The Morgan fingerprint density at radius 1 is 1.25 bits per heavy atom. The van der Waals surface area contributed by atoms with Crippen molar-refractivity contribution in [2.75, 3.05) is 10.2 Å². The third-order valence-corrected chi connectivity index (χ3v) is 6.17. The lowest BCUT2D eigenvalue weighted by atomic mass is 9.98. The third kappa shape index (κ3) is 4.25. The normalized spacial score (nSPS) is 18.2. The molecule has 1 aliphatic heterocycles. The molecule has 1 saturated heterocycles. The SMILES string of the molecule is CCC(=O)Nc1ccc(N2C(=S)N[C@@H](c3ccccn3)[C@@H]2c2ccn(C(C)C)c2)cc1C. The molecular weight excluding hydrogens is 418 g/mol. The minimum absolute atomic E-state index is 0.00216. The van der Waals surface area contributed by atoms with E-state index in [4.69, 9.17) is 12.2 Å². The summed E-state index contributed by atoms with van der Waals surface area (Å²) in [5.74, 6) is 0.00216. The fourth-order valence-electron chi connectivity index (χ4n) is 4.07. The van der Waals surface area contributed by atoms with Crippen LogP contribution in [0.25, 0.3) is 0 Å². The number of carbonyl (C=O) groups is 1. The first-order valence-electron chi connectivity index (χ1n) is 11.0. The molecule has 1 aliphatic rings. The Labute approximate surface area is 194 Å². The lowest BCUT2D eigenvalue weighted by Gasteiger charge is -2.28. The lowest BCUT2D eigenvalue weighted by Crippen LogP contribution is -2.29. The number of aryl methyl sites for hydroxylation is 1. The van der Waals surface area contributed by atoms with Crippen LogP contribution in [0.3, 0.4) is 0 Å². The summed E-state index contributed by atoms with van der Waals surface area (Å²) in [6, 6.07) is 14.4. The molecule has 6 nitrogen and oxygen atoms in total. The number of nitrogens with one attached hydrogen (secondary N) is 2. The van der Waals surface area contributed by atoms with Crippen molar-refractivity contribution >= 4 is 34.6 Å². The standard InChI is InChI=1S/C25H29N5OS/c1-5-22(31)27-20-10-9-19(14-17(20)4)30-24(18-11-13-29(15-18)16(2)3)23(28-25(30)32)21-8-6-7-12-26-21/h6-16,23-24H,5H2,1-4H3,(H,27,31)(H,28,32)/t23-,24-/m0/s1. The summed E-state index contributed by atoms with van der Waals surface area (Å²) in [6.07, 6.45) is 6.57. The second kappa shape index (κ2) is 9.12. The van der Waals surface area contributed by atoms with E-state index in [1.165, 1.54) is 5.56 Å². The molecule has 0 spiro atoms. The predicted octanol–water partition coefficient (Wildman–Crippen LogP) is 5.30. The molecule has 0 bridgehead atoms. The second-order valence-corrected chi connectivity index (χ2v) is 8.77. The van der Waals surface area contributed by atoms with Crippen LogP contribution in [0.4, 0.5) is 11.4 Å². The summed E-state index contributed by atoms with van der Waals surface area (Å²) in [4.78, 5) is 18.6. The van der Waals surface area contributed by atoms with Gasteiger partial charge in [-0.1, -0.05) is 13.0 Å². The minimum atomic E-state index is -0.0773. The van der Waals surface area contributed by atoms with Gasteiger partial charge >= 0.3 is 0 Å². The van der Waals surface area contributed by atoms with Gasteiger partial charge < -0.3 is 20.1 Å². The molecule has 3 aromatic rings. The van der Waals surface area contributed by atoms with Crippen LogP contribution in [-0.4, -0.2) is 20.6 Å². The van der Waals surface area contributed by atoms with Crippen molar-refractivity contribution in [2.45, 2.75) is 52.2 Å². The smallest absolute Gasteiger partial charge is 0.224 e. The first kappa shape index (κ1) is 22.0. The van der Waals surface area contributed by atoms with Gasteiger partial charge in [-0.15, -0.1) is 0 Å². The van der Waals surface area contributed by atoms with Crippen LogP contribution >= 0.6 is 12.2 Å². The van der Waals surface area contributed by atoms with Crippen LogP contribution < -0.4 is 15.5 Å². The Kier molecular flexibility index (Phi) is 6.28. The number of hydrogen-bond donors (Lipinski definition) is 2. The average Bonchev–Trinajstić information content (AvgIpc) is 3.40. The Morgan fingerprint density at radius 2 is 2.06 bits per heavy atom. The highest BCUT2D eigenvalue weighted by Gasteiger charge is 2.41. The largest absolute Gasteiger partial charge is 0.351 e. The van der Waals surface area contributed by atoms with Gasteiger partial charge in [-0.3, -0.25) is 9.78 Å². The first-order valence-corrected chi connectivity index (χ1v) is 11.4. The van der Waals surface area contributed by atoms with Gasteiger partial charge in [0.2, 0.25) is 5.91 Å². The molecule has 1 fully saturated rings. The number of aromatic nitrogens is 2. The van der Waals surface area contributed by atoms with Gasteiger partial charge in [-0.05, 0) is 80.5 Å². The number of anilines is 2. The quantitative estimate of drug-likeness (QED) is 0.502. The van der Waals surface area contributed by atoms with Crippen LogP contribution in [0, 0.1) is 6.92 Å². The second-order valence-electron chi connectivity index (χ2n) is 8.38. The maximum Gasteiger partial charge on any atom is 0.224 e. The Bertz CT molecular complexity index is 1120. The van der Waals surface area contributed by atoms with E-state index < -0.39 is 0 Å². The summed E-state index contributed by atoms with van der Waals surface area (Å²) < 4.78 is 2.21. The molecule has 166 valence electrons. The Balaban J connectivity index is 1.76. The van der Waals surface area contributed by atoms with Gasteiger partial charge in [-0.2, -0.15) is 0 Å². The summed E-state index contributed by atoms with van der Waals surface area (Å²) in [5, 5.41) is 7.12. The van der Waals surface area contributed by atoms with Crippen LogP contribution in [0.1, 0.15) is 62.1 Å². The third-order valence-electron chi connectivity index (χ3n) is 5.86. The zero-order chi connectivity index (χ0) is 22.8. The summed E-state index contributed by atoms with van der Waals surface area (Å²) in [6.45, 7) is 8.19. The monoisotopic (exact) mass is 447 g/mol. The van der Waals surface area contributed by atoms with Crippen molar-refractivity contribution in [3.63, 3.8) is 0 Å². The number of carbonyl (C=O) groups excluding carboxylic acids is 1. The van der Waals surface area contributed by atoms with E-state index in [0.717, 1.165) is 22.6 Å². The fourth-order valence-corrected chi connectivity index (χ4v) is 4.42. The topological polar surface area (TPSA) is 62.2 Å². The van der Waals surface area contributed by atoms with Crippen molar-refractivity contribution in [1.29, 1.82) is 0 Å². The number of amides is 1. The molecule has 2 aromatic heterocycles. The molecule has 32 heavy (non-hydrogen) atoms. The molecule has 3 heterocycles. The molecule has 2 N–H and O–H groups in total. The molecule has 1 aromatic carbocycles. The van der Waals surface area contributed by atoms with Crippen LogP contribution in [0.5, 0.6) is 0 Å². The molecule has 1 amide bonds. The number of hydrogen-bond acceptors (Lipinski definition) is 3. The lowest BCUT2D eigenvalue weighted by molar-refractivity contribution is -0.115. The van der Waals surface area contributed by atoms with Crippen molar-refractivity contribution in [3.8, 4) is 0 Å². The van der Waals surface area contributed by atoms with E-state index in [-0.39, 0.29) is 18.0 Å². The first-order chi connectivity index (χ1) is 15.4. The number of pyridine rings is 1. The van der Waals surface area contributed by atoms with Crippen LogP contribution in [0.2, 0.25) is 0 Å². The summed E-state index contributed by atoms with van der Waals surface area (Å²) >= 11 is 5.81. The predicted molar refractivity (Wildman–Crippen MR) is 133 cm³/mol. The molecule has 0 aliphatic carbocycles. The molecule has 2 atom stereocenters. The van der Waals surface area contributed by atoms with Gasteiger partial charge in [-0.25, -0.2) is 0 Å². The van der Waals surface area contributed by atoms with Crippen LogP contribution in [-0.2, 0) is 4.79 Å². The number of thiocarbonyl (C=S) groups is 1. The molecule has 7 heteroatoms. The minimum Gasteiger partial charge on any atom is -0.351 e. The number of benzene rings is 1. The zero-order valence-electron chi connectivity index (χ0n) is 18.9. The van der Waals surface area contributed by atoms with E-state index in [9.17, 15) is 4.79 Å². The number of rotatable bonds is 6. The average molecular weight is 448 g/mol. The van der Waals surface area contributed by atoms with Gasteiger partial charge in [0.05, 0.1) is 17.8 Å². The van der Waals surface area contributed by atoms with E-state index in [2.05, 4.69) is 63.5 Å². The Hall–Kier alpha value is -3.19. The molecule has 0 radical (unpaired) electrons. The molecule has 4 rings (SSSR count). The van der Waals surface area contributed by atoms with E-state index in [0.29, 0.717) is 17.6 Å². The zero-order valence-corrected chi connectivity index (χ0v) is 19.7. The Morgan fingerprint density at radius 3 is 2.69 bits per heavy atom. The van der Waals surface area contributed by atoms with Gasteiger partial charge in [0.25, 0.3) is 0 Å². The fraction of sp³-hybridized carbons (Fsp3) is 0.320. The maximum atomic E-state index is 11.9. The van der Waals surface area contributed by atoms with Gasteiger partial charge in [0.1, 0.15) is 0 Å². The highest BCUT2D eigenvalue weighted by Crippen LogP contribution is 2.42. The van der Waals surface area contributed by atoms with E-state index in [1.807, 2.05) is 50.4 Å². The molecule has 0 unspecified atom stereocenters. The maximum absolute atomic E-state index is 11.9. The molecule has 0 saturated carbocycles. The summed E-state index contributed by atoms with van der Waals surface area (Å²) in [5.41, 5.74) is 4.91. The van der Waals surface area contributed by atoms with Crippen molar-refractivity contribution in [3.05, 3.63) is 77.9 Å².